The summed E-state index contributed by atoms with van der Waals surface area (Å²) in [5.41, 5.74) is 2.63. The third-order valence-electron chi connectivity index (χ3n) is 6.57. The molecule has 2 unspecified atom stereocenters. The summed E-state index contributed by atoms with van der Waals surface area (Å²) in [6.07, 6.45) is 3.96. The fourth-order valence-electron chi connectivity index (χ4n) is 5.11. The highest BCUT2D eigenvalue weighted by Crippen LogP contribution is 2.42. The fourth-order valence-corrected chi connectivity index (χ4v) is 5.11. The summed E-state index contributed by atoms with van der Waals surface area (Å²) in [7, 11) is 1.65. The maximum atomic E-state index is 13.5. The Bertz CT molecular complexity index is 1090. The fraction of sp³-hybridized carbons (Fsp3) is 0.423. The Hall–Kier alpha value is -3.19. The molecule has 2 N–H and O–H groups in total. The highest BCUT2D eigenvalue weighted by molar-refractivity contribution is 6.24. The van der Waals surface area contributed by atoms with Crippen molar-refractivity contribution in [2.75, 3.05) is 12.4 Å². The summed E-state index contributed by atoms with van der Waals surface area (Å²) in [5.74, 6) is -0.0364. The molecule has 2 aromatic rings. The number of carbonyl (C=O) groups excluding carboxylic acids is 3. The number of imide groups is 1. The first kappa shape index (κ1) is 23.0. The third-order valence-corrected chi connectivity index (χ3v) is 6.57. The Morgan fingerprint density at radius 3 is 2.55 bits per heavy atom. The Labute approximate surface area is 193 Å². The molecule has 0 saturated heterocycles. The summed E-state index contributed by atoms with van der Waals surface area (Å²) >= 11 is 0. The summed E-state index contributed by atoms with van der Waals surface area (Å²) in [6, 6.07) is 9.99. The number of methoxy groups -OCH3 is 1. The maximum absolute atomic E-state index is 13.5. The Morgan fingerprint density at radius 1 is 1.18 bits per heavy atom. The minimum Gasteiger partial charge on any atom is -0.496 e. The van der Waals surface area contributed by atoms with Gasteiger partial charge in [0.2, 0.25) is 5.91 Å². The lowest BCUT2D eigenvalue weighted by Crippen LogP contribution is -2.36. The summed E-state index contributed by atoms with van der Waals surface area (Å²) in [4.78, 5) is 39.8. The van der Waals surface area contributed by atoms with Crippen molar-refractivity contribution in [3.8, 4) is 5.75 Å². The van der Waals surface area contributed by atoms with Crippen molar-refractivity contribution >= 4 is 23.4 Å². The number of nitrogens with one attached hydrogen (secondary N) is 1. The molecule has 0 aromatic heterocycles. The van der Waals surface area contributed by atoms with Crippen LogP contribution in [-0.4, -0.2) is 40.9 Å². The molecule has 3 amide bonds. The first-order valence-corrected chi connectivity index (χ1v) is 11.5. The molecule has 2 aromatic carbocycles. The van der Waals surface area contributed by atoms with Gasteiger partial charge in [0.15, 0.2) is 0 Å². The van der Waals surface area contributed by atoms with E-state index in [1.165, 1.54) is 24.7 Å². The Kier molecular flexibility index (Phi) is 6.51. The van der Waals surface area contributed by atoms with Crippen molar-refractivity contribution < 1.29 is 24.2 Å². The van der Waals surface area contributed by atoms with Gasteiger partial charge >= 0.3 is 0 Å². The van der Waals surface area contributed by atoms with Crippen LogP contribution in [0.25, 0.3) is 0 Å². The van der Waals surface area contributed by atoms with Crippen molar-refractivity contribution in [1.82, 2.24) is 4.90 Å². The molecule has 2 aliphatic rings. The minimum absolute atomic E-state index is 0.192. The molecule has 1 heterocycles. The standard InChI is InChI=1S/C26H30N2O5/c1-15(29)13-22(18-11-12-23(33-3)20(14-18)17-7-4-5-8-17)28-25(31)19-9-6-10-21(27-16(2)30)24(19)26(28)32/h6,9-12,14-15,17,22,29H,4-5,7-8,13H2,1-3H3,(H,27,30). The van der Waals surface area contributed by atoms with E-state index in [0.717, 1.165) is 29.7 Å². The lowest BCUT2D eigenvalue weighted by atomic mass is 9.91. The van der Waals surface area contributed by atoms with E-state index in [0.29, 0.717) is 11.6 Å². The quantitative estimate of drug-likeness (QED) is 0.609. The average Bonchev–Trinajstić information content (AvgIpc) is 3.39. The molecule has 1 aliphatic heterocycles. The molecule has 174 valence electrons. The van der Waals surface area contributed by atoms with Crippen LogP contribution < -0.4 is 10.1 Å². The van der Waals surface area contributed by atoms with E-state index in [9.17, 15) is 19.5 Å². The topological polar surface area (TPSA) is 95.9 Å². The number of fused-ring (bicyclic) bond motifs is 1. The van der Waals surface area contributed by atoms with Gasteiger partial charge in [0.05, 0.1) is 36.1 Å². The van der Waals surface area contributed by atoms with E-state index in [2.05, 4.69) is 5.32 Å². The van der Waals surface area contributed by atoms with Crippen LogP contribution >= 0.6 is 0 Å². The zero-order chi connectivity index (χ0) is 23.7. The second-order valence-corrected chi connectivity index (χ2v) is 8.97. The van der Waals surface area contributed by atoms with Crippen LogP contribution in [-0.2, 0) is 4.79 Å². The van der Waals surface area contributed by atoms with Gasteiger partial charge in [0.1, 0.15) is 5.75 Å². The van der Waals surface area contributed by atoms with E-state index < -0.39 is 24.0 Å². The highest BCUT2D eigenvalue weighted by Gasteiger charge is 2.42. The molecule has 4 rings (SSSR count). The predicted molar refractivity (Wildman–Crippen MR) is 124 cm³/mol. The molecule has 0 bridgehead atoms. The van der Waals surface area contributed by atoms with Gasteiger partial charge in [-0.05, 0) is 67.5 Å². The van der Waals surface area contributed by atoms with Gasteiger partial charge in [-0.25, -0.2) is 0 Å². The van der Waals surface area contributed by atoms with Crippen molar-refractivity contribution in [3.05, 3.63) is 58.7 Å². The number of rotatable bonds is 7. The largest absolute Gasteiger partial charge is 0.496 e. The Morgan fingerprint density at radius 2 is 1.91 bits per heavy atom. The molecular weight excluding hydrogens is 420 g/mol. The minimum atomic E-state index is -0.730. The molecule has 33 heavy (non-hydrogen) atoms. The average molecular weight is 451 g/mol. The summed E-state index contributed by atoms with van der Waals surface area (Å²) < 4.78 is 5.61. The molecular formula is C26H30N2O5. The van der Waals surface area contributed by atoms with Gasteiger partial charge < -0.3 is 15.2 Å². The highest BCUT2D eigenvalue weighted by atomic mass is 16.5. The number of nitrogens with zero attached hydrogens (tertiary/aromatic N) is 1. The van der Waals surface area contributed by atoms with Crippen molar-refractivity contribution in [2.24, 2.45) is 0 Å². The van der Waals surface area contributed by atoms with Crippen LogP contribution in [0.5, 0.6) is 5.75 Å². The second kappa shape index (κ2) is 9.35. The van der Waals surface area contributed by atoms with Crippen molar-refractivity contribution in [3.63, 3.8) is 0 Å². The smallest absolute Gasteiger partial charge is 0.264 e. The van der Waals surface area contributed by atoms with Crippen LogP contribution in [0.2, 0.25) is 0 Å². The number of amides is 3. The number of aliphatic hydroxyl groups is 1. The molecule has 0 spiro atoms. The van der Waals surface area contributed by atoms with Gasteiger partial charge in [-0.2, -0.15) is 0 Å². The number of aliphatic hydroxyl groups excluding tert-OH is 1. The first-order valence-electron chi connectivity index (χ1n) is 11.5. The molecule has 7 heteroatoms. The van der Waals surface area contributed by atoms with Gasteiger partial charge in [0, 0.05) is 6.92 Å². The van der Waals surface area contributed by atoms with E-state index in [4.69, 9.17) is 4.74 Å². The first-order chi connectivity index (χ1) is 15.8. The molecule has 1 fully saturated rings. The molecule has 1 aliphatic carbocycles. The van der Waals surface area contributed by atoms with Crippen LogP contribution in [0.3, 0.4) is 0 Å². The lowest BCUT2D eigenvalue weighted by Gasteiger charge is -2.29. The van der Waals surface area contributed by atoms with Gasteiger partial charge in [-0.1, -0.05) is 25.0 Å². The molecule has 2 atom stereocenters. The summed E-state index contributed by atoms with van der Waals surface area (Å²) in [6.45, 7) is 3.01. The normalized spacial score (nSPS) is 17.8. The van der Waals surface area contributed by atoms with Crippen molar-refractivity contribution in [1.29, 1.82) is 0 Å². The van der Waals surface area contributed by atoms with Crippen LogP contribution in [0.1, 0.15) is 89.8 Å². The Balaban J connectivity index is 1.77. The monoisotopic (exact) mass is 450 g/mol. The van der Waals surface area contributed by atoms with Gasteiger partial charge in [-0.15, -0.1) is 0 Å². The zero-order valence-corrected chi connectivity index (χ0v) is 19.3. The van der Waals surface area contributed by atoms with E-state index in [-0.39, 0.29) is 23.5 Å². The van der Waals surface area contributed by atoms with Crippen molar-refractivity contribution in [2.45, 2.75) is 64.0 Å². The van der Waals surface area contributed by atoms with E-state index in [1.54, 1.807) is 32.2 Å². The van der Waals surface area contributed by atoms with E-state index >= 15 is 0 Å². The molecule has 0 radical (unpaired) electrons. The van der Waals surface area contributed by atoms with E-state index in [1.807, 2.05) is 18.2 Å². The number of hydrogen-bond donors (Lipinski definition) is 2. The zero-order valence-electron chi connectivity index (χ0n) is 19.3. The number of hydrogen-bond acceptors (Lipinski definition) is 5. The number of benzene rings is 2. The second-order valence-electron chi connectivity index (χ2n) is 8.97. The number of ether oxygens (including phenoxy) is 1. The molecule has 7 nitrogen and oxygen atoms in total. The SMILES string of the molecule is COc1ccc(C(CC(C)O)N2C(=O)c3cccc(NC(C)=O)c3C2=O)cc1C1CCCC1. The number of anilines is 1. The predicted octanol–water partition coefficient (Wildman–Crippen LogP) is 4.42. The van der Waals surface area contributed by atoms with Crippen LogP contribution in [0, 0.1) is 0 Å². The van der Waals surface area contributed by atoms with Gasteiger partial charge in [0.25, 0.3) is 11.8 Å². The van der Waals surface area contributed by atoms with Gasteiger partial charge in [-0.3, -0.25) is 19.3 Å². The lowest BCUT2D eigenvalue weighted by molar-refractivity contribution is -0.114. The van der Waals surface area contributed by atoms with Crippen LogP contribution in [0.15, 0.2) is 36.4 Å². The summed E-state index contributed by atoms with van der Waals surface area (Å²) in [5, 5.41) is 12.9. The van der Waals surface area contributed by atoms with Crippen LogP contribution in [0.4, 0.5) is 5.69 Å². The maximum Gasteiger partial charge on any atom is 0.264 e. The molecule has 1 saturated carbocycles. The number of carbonyl (C=O) groups is 3. The third kappa shape index (κ3) is 4.37.